The molecule has 0 heterocycles. The van der Waals surface area contributed by atoms with E-state index in [0.29, 0.717) is 0 Å². The maximum absolute atomic E-state index is 12.6. The van der Waals surface area contributed by atoms with Crippen molar-refractivity contribution in [2.24, 2.45) is 11.1 Å². The molecule has 9 heteroatoms. The van der Waals surface area contributed by atoms with Crippen molar-refractivity contribution in [3.63, 3.8) is 0 Å². The number of sulfonamides is 1. The molecule has 7 nitrogen and oxygen atoms in total. The van der Waals surface area contributed by atoms with Gasteiger partial charge < -0.3 is 10.6 Å². The highest BCUT2D eigenvalue weighted by Gasteiger charge is 2.25. The van der Waals surface area contributed by atoms with E-state index in [9.17, 15) is 18.0 Å². The molecule has 0 aliphatic carbocycles. The van der Waals surface area contributed by atoms with Gasteiger partial charge in [-0.15, -0.1) is 0 Å². The van der Waals surface area contributed by atoms with Gasteiger partial charge in [-0.05, 0) is 36.2 Å². The van der Waals surface area contributed by atoms with Gasteiger partial charge in [-0.1, -0.05) is 43.6 Å². The van der Waals surface area contributed by atoms with Crippen molar-refractivity contribution in [3.05, 3.63) is 59.1 Å². The molecule has 0 spiro atoms. The molecule has 2 aromatic carbocycles. The number of halogens is 1. The molecule has 144 valence electrons. The van der Waals surface area contributed by atoms with E-state index in [1.165, 1.54) is 24.3 Å². The number of carbonyl (C=O) groups is 2. The zero-order valence-electron chi connectivity index (χ0n) is 14.8. The smallest absolute Gasteiger partial charge is 0.253 e. The molecule has 0 unspecified atom stereocenters. The summed E-state index contributed by atoms with van der Waals surface area (Å²) in [5.74, 6) is -1.19. The first kappa shape index (κ1) is 20.9. The number of hydrogen-bond donors (Lipinski definition) is 3. The van der Waals surface area contributed by atoms with Gasteiger partial charge in [0.25, 0.3) is 5.91 Å². The quantitative estimate of drug-likeness (QED) is 0.678. The summed E-state index contributed by atoms with van der Waals surface area (Å²) in [4.78, 5) is 25.0. The summed E-state index contributed by atoms with van der Waals surface area (Å²) in [5.41, 5.74) is 0.512. The van der Waals surface area contributed by atoms with E-state index in [-0.39, 0.29) is 27.1 Å². The van der Waals surface area contributed by atoms with Crippen LogP contribution in [0.4, 0.5) is 5.69 Å². The molecule has 0 aliphatic rings. The Balaban J connectivity index is 2.18. The van der Waals surface area contributed by atoms with E-state index in [1.807, 2.05) is 0 Å². The minimum atomic E-state index is -3.89. The van der Waals surface area contributed by atoms with Crippen LogP contribution in [0.5, 0.6) is 0 Å². The Hall–Kier alpha value is -2.42. The fourth-order valence-corrected chi connectivity index (χ4v) is 3.15. The molecule has 0 aromatic heterocycles. The van der Waals surface area contributed by atoms with Gasteiger partial charge in [0.15, 0.2) is 0 Å². The highest BCUT2D eigenvalue weighted by Crippen LogP contribution is 2.17. The highest BCUT2D eigenvalue weighted by molar-refractivity contribution is 7.89. The molecule has 4 N–H and O–H groups in total. The molecule has 0 fully saturated rings. The fourth-order valence-electron chi connectivity index (χ4n) is 2.37. The Kier molecular flexibility index (Phi) is 6.59. The lowest BCUT2D eigenvalue weighted by Crippen LogP contribution is -2.47. The number of nitrogens with two attached hydrogens (primary N) is 1. The normalized spacial score (nSPS) is 12.5. The number of benzene rings is 2. The van der Waals surface area contributed by atoms with Gasteiger partial charge in [0, 0.05) is 5.69 Å². The van der Waals surface area contributed by atoms with Crippen molar-refractivity contribution in [1.82, 2.24) is 5.32 Å². The third kappa shape index (κ3) is 5.53. The van der Waals surface area contributed by atoms with Gasteiger partial charge >= 0.3 is 0 Å². The summed E-state index contributed by atoms with van der Waals surface area (Å²) in [5, 5.41) is 10.6. The van der Waals surface area contributed by atoms with E-state index in [2.05, 4.69) is 10.6 Å². The lowest BCUT2D eigenvalue weighted by molar-refractivity contribution is -0.118. The highest BCUT2D eigenvalue weighted by atomic mass is 35.5. The van der Waals surface area contributed by atoms with Crippen LogP contribution in [0.2, 0.25) is 5.02 Å². The minimum absolute atomic E-state index is 0.124. The van der Waals surface area contributed by atoms with E-state index in [0.717, 1.165) is 0 Å². The van der Waals surface area contributed by atoms with Crippen LogP contribution in [-0.4, -0.2) is 26.3 Å². The zero-order chi connectivity index (χ0) is 20.2. The van der Waals surface area contributed by atoms with Gasteiger partial charge in [0.05, 0.1) is 15.5 Å². The molecule has 1 atom stereocenters. The van der Waals surface area contributed by atoms with Crippen molar-refractivity contribution in [3.8, 4) is 0 Å². The first-order valence-corrected chi connectivity index (χ1v) is 10.0. The first-order valence-electron chi connectivity index (χ1n) is 8.08. The number of hydrogen-bond acceptors (Lipinski definition) is 4. The summed E-state index contributed by atoms with van der Waals surface area (Å²) < 4.78 is 22.9. The van der Waals surface area contributed by atoms with Gasteiger partial charge in [-0.25, -0.2) is 13.6 Å². The van der Waals surface area contributed by atoms with Crippen LogP contribution >= 0.6 is 11.6 Å². The predicted octanol–water partition coefficient (Wildman–Crippen LogP) is 2.38. The summed E-state index contributed by atoms with van der Waals surface area (Å²) >= 11 is 6.02. The van der Waals surface area contributed by atoms with Crippen LogP contribution in [0.1, 0.15) is 24.2 Å². The van der Waals surface area contributed by atoms with E-state index >= 15 is 0 Å². The molecule has 0 saturated heterocycles. The molecule has 2 rings (SSSR count). The van der Waals surface area contributed by atoms with Crippen LogP contribution in [-0.2, 0) is 14.8 Å². The third-order valence-electron chi connectivity index (χ3n) is 3.78. The molecule has 0 aliphatic heterocycles. The Morgan fingerprint density at radius 2 is 1.74 bits per heavy atom. The summed E-state index contributed by atoms with van der Waals surface area (Å²) in [6, 6.07) is 11.2. The van der Waals surface area contributed by atoms with Gasteiger partial charge in [-0.3, -0.25) is 9.59 Å². The van der Waals surface area contributed by atoms with Crippen molar-refractivity contribution < 1.29 is 18.0 Å². The SMILES string of the molecule is CC(C)[C@H](NC(=O)c1ccccc1Cl)C(=O)Nc1cccc(S(N)(=O)=O)c1. The maximum atomic E-state index is 12.6. The molecule has 2 amide bonds. The molecular weight excluding hydrogens is 390 g/mol. The Morgan fingerprint density at radius 1 is 1.07 bits per heavy atom. The third-order valence-corrected chi connectivity index (χ3v) is 5.02. The average molecular weight is 410 g/mol. The minimum Gasteiger partial charge on any atom is -0.340 e. The second kappa shape index (κ2) is 8.51. The van der Waals surface area contributed by atoms with Crippen LogP contribution in [0.3, 0.4) is 0 Å². The molecule has 27 heavy (non-hydrogen) atoms. The summed E-state index contributed by atoms with van der Waals surface area (Å²) in [7, 11) is -3.89. The Morgan fingerprint density at radius 3 is 2.33 bits per heavy atom. The number of primary sulfonamides is 1. The number of amides is 2. The molecule has 2 aromatic rings. The number of rotatable bonds is 6. The van der Waals surface area contributed by atoms with Crippen LogP contribution in [0.25, 0.3) is 0 Å². The van der Waals surface area contributed by atoms with Gasteiger partial charge in [0.2, 0.25) is 15.9 Å². The molecule has 0 bridgehead atoms. The number of anilines is 1. The van der Waals surface area contributed by atoms with Gasteiger partial charge in [0.1, 0.15) is 6.04 Å². The topological polar surface area (TPSA) is 118 Å². The fraction of sp³-hybridized carbons (Fsp3) is 0.222. The van der Waals surface area contributed by atoms with Crippen LogP contribution in [0, 0.1) is 5.92 Å². The molecular formula is C18H20ClN3O4S. The van der Waals surface area contributed by atoms with E-state index in [4.69, 9.17) is 16.7 Å². The second-order valence-electron chi connectivity index (χ2n) is 6.24. The predicted molar refractivity (Wildman–Crippen MR) is 104 cm³/mol. The first-order chi connectivity index (χ1) is 12.6. The molecule has 0 radical (unpaired) electrons. The Bertz CT molecular complexity index is 961. The zero-order valence-corrected chi connectivity index (χ0v) is 16.3. The largest absolute Gasteiger partial charge is 0.340 e. The average Bonchev–Trinajstić information content (AvgIpc) is 2.59. The van der Waals surface area contributed by atoms with Crippen molar-refractivity contribution in [2.75, 3.05) is 5.32 Å². The lowest BCUT2D eigenvalue weighted by Gasteiger charge is -2.22. The number of carbonyl (C=O) groups excluding carboxylic acids is 2. The van der Waals surface area contributed by atoms with Crippen LogP contribution < -0.4 is 15.8 Å². The lowest BCUT2D eigenvalue weighted by atomic mass is 10.0. The Labute approximate surface area is 163 Å². The monoisotopic (exact) mass is 409 g/mol. The van der Waals surface area contributed by atoms with Crippen molar-refractivity contribution in [2.45, 2.75) is 24.8 Å². The number of nitrogens with one attached hydrogen (secondary N) is 2. The van der Waals surface area contributed by atoms with Gasteiger partial charge in [-0.2, -0.15) is 0 Å². The second-order valence-corrected chi connectivity index (χ2v) is 8.21. The van der Waals surface area contributed by atoms with Crippen molar-refractivity contribution in [1.29, 1.82) is 0 Å². The van der Waals surface area contributed by atoms with E-state index in [1.54, 1.807) is 38.1 Å². The van der Waals surface area contributed by atoms with E-state index < -0.39 is 27.9 Å². The molecule has 0 saturated carbocycles. The maximum Gasteiger partial charge on any atom is 0.253 e. The summed E-state index contributed by atoms with van der Waals surface area (Å²) in [6.45, 7) is 3.55. The van der Waals surface area contributed by atoms with Crippen molar-refractivity contribution >= 4 is 39.1 Å². The summed E-state index contributed by atoms with van der Waals surface area (Å²) in [6.07, 6.45) is 0. The standard InChI is InChI=1S/C18H20ClN3O4S/c1-11(2)16(22-17(23)14-8-3-4-9-15(14)19)18(24)21-12-6-5-7-13(10-12)27(20,25)26/h3-11,16H,1-2H3,(H,21,24)(H,22,23)(H2,20,25,26)/t16-/m0/s1. The van der Waals surface area contributed by atoms with Crippen LogP contribution in [0.15, 0.2) is 53.4 Å².